The van der Waals surface area contributed by atoms with Gasteiger partial charge in [0.1, 0.15) is 0 Å². The number of benzene rings is 1. The first-order valence-corrected chi connectivity index (χ1v) is 10.5. The molecule has 28 heavy (non-hydrogen) atoms. The lowest BCUT2D eigenvalue weighted by molar-refractivity contribution is -0.129. The number of nitrogens with zero attached hydrogens (tertiary/aromatic N) is 4. The molecule has 7 nitrogen and oxygen atoms in total. The molecular weight excluding hydrogens is 354 g/mol. The van der Waals surface area contributed by atoms with E-state index in [1.165, 1.54) is 0 Å². The molecule has 1 fully saturated rings. The number of unbranched alkanes of at least 4 members (excludes halogenated alkanes) is 3. The summed E-state index contributed by atoms with van der Waals surface area (Å²) < 4.78 is 0. The van der Waals surface area contributed by atoms with Crippen LogP contribution in [0.1, 0.15) is 62.8 Å². The van der Waals surface area contributed by atoms with Crippen molar-refractivity contribution < 1.29 is 9.90 Å². The number of amides is 1. The molecule has 1 aromatic carbocycles. The van der Waals surface area contributed by atoms with Crippen LogP contribution in [-0.2, 0) is 17.6 Å². The summed E-state index contributed by atoms with van der Waals surface area (Å²) in [5, 5.41) is 24.3. The van der Waals surface area contributed by atoms with Gasteiger partial charge in [-0.05, 0) is 44.1 Å². The Morgan fingerprint density at radius 1 is 1.18 bits per heavy atom. The summed E-state index contributed by atoms with van der Waals surface area (Å²) in [5.74, 6) is 1.04. The summed E-state index contributed by atoms with van der Waals surface area (Å²) in [6.45, 7) is 0.834. The highest BCUT2D eigenvalue weighted by Crippen LogP contribution is 2.24. The van der Waals surface area contributed by atoms with Crippen LogP contribution in [0.25, 0.3) is 0 Å². The van der Waals surface area contributed by atoms with Crippen LogP contribution in [-0.4, -0.2) is 55.2 Å². The smallest absolute Gasteiger partial charge is 0.222 e. The topological polar surface area (TPSA) is 95.0 Å². The van der Waals surface area contributed by atoms with E-state index in [4.69, 9.17) is 0 Å². The predicted octanol–water partition coefficient (Wildman–Crippen LogP) is 2.68. The fourth-order valence-electron chi connectivity index (χ4n) is 3.98. The largest absolute Gasteiger partial charge is 0.393 e. The maximum atomic E-state index is 12.2. The maximum Gasteiger partial charge on any atom is 0.222 e. The molecule has 1 aliphatic rings. The number of hydrogen-bond acceptors (Lipinski definition) is 5. The van der Waals surface area contributed by atoms with E-state index in [2.05, 4.69) is 25.5 Å². The molecule has 0 saturated carbocycles. The zero-order valence-electron chi connectivity index (χ0n) is 16.5. The van der Waals surface area contributed by atoms with E-state index in [0.717, 1.165) is 69.3 Å². The first-order chi connectivity index (χ1) is 13.7. The van der Waals surface area contributed by atoms with Crippen LogP contribution in [0.15, 0.2) is 30.3 Å². The molecule has 1 aliphatic heterocycles. The van der Waals surface area contributed by atoms with Crippen molar-refractivity contribution in [1.29, 1.82) is 0 Å². The van der Waals surface area contributed by atoms with Gasteiger partial charge in [-0.25, -0.2) is 0 Å². The third kappa shape index (κ3) is 6.41. The molecule has 2 aromatic rings. The number of likely N-dealkylation sites (tertiary alicyclic amines) is 1. The lowest BCUT2D eigenvalue weighted by Gasteiger charge is -2.25. The fourth-order valence-corrected chi connectivity index (χ4v) is 3.98. The second-order valence-electron chi connectivity index (χ2n) is 7.69. The number of aliphatic hydroxyl groups excluding tert-OH is 1. The van der Waals surface area contributed by atoms with Crippen LogP contribution in [0, 0.1) is 0 Å². The highest BCUT2D eigenvalue weighted by atomic mass is 16.3. The summed E-state index contributed by atoms with van der Waals surface area (Å²) >= 11 is 0. The van der Waals surface area contributed by atoms with E-state index in [0.29, 0.717) is 12.8 Å². The monoisotopic (exact) mass is 385 g/mol. The maximum absolute atomic E-state index is 12.2. The van der Waals surface area contributed by atoms with Crippen molar-refractivity contribution in [2.75, 3.05) is 6.54 Å². The zero-order valence-corrected chi connectivity index (χ0v) is 16.5. The van der Waals surface area contributed by atoms with Crippen LogP contribution in [0.5, 0.6) is 0 Å². The van der Waals surface area contributed by atoms with Crippen LogP contribution >= 0.6 is 0 Å². The SMILES string of the molecule is O=C1CCC(CCC(O)Cc2ccccc2)N1CCCCCCc1nn[nH]n1. The van der Waals surface area contributed by atoms with E-state index in [9.17, 15) is 9.90 Å². The van der Waals surface area contributed by atoms with Crippen LogP contribution in [0.2, 0.25) is 0 Å². The molecule has 1 saturated heterocycles. The number of aromatic nitrogens is 4. The second-order valence-corrected chi connectivity index (χ2v) is 7.69. The number of carbonyl (C=O) groups excluding carboxylic acids is 1. The Bertz CT molecular complexity index is 692. The molecule has 0 spiro atoms. The molecule has 0 bridgehead atoms. The molecule has 1 amide bonds. The normalized spacial score (nSPS) is 18.0. The number of aromatic amines is 1. The van der Waals surface area contributed by atoms with Crippen molar-refractivity contribution in [2.24, 2.45) is 0 Å². The molecule has 2 heterocycles. The van der Waals surface area contributed by atoms with Gasteiger partial charge in [0.05, 0.1) is 6.10 Å². The summed E-state index contributed by atoms with van der Waals surface area (Å²) in [6.07, 6.45) is 8.68. The quantitative estimate of drug-likeness (QED) is 0.548. The molecular formula is C21H31N5O2. The van der Waals surface area contributed by atoms with Crippen molar-refractivity contribution in [3.05, 3.63) is 41.7 Å². The first-order valence-electron chi connectivity index (χ1n) is 10.5. The fraction of sp³-hybridized carbons (Fsp3) is 0.619. The van der Waals surface area contributed by atoms with Gasteiger partial charge in [0.2, 0.25) is 5.91 Å². The molecule has 2 N–H and O–H groups in total. The van der Waals surface area contributed by atoms with Gasteiger partial charge in [-0.15, -0.1) is 10.2 Å². The third-order valence-electron chi connectivity index (χ3n) is 5.54. The number of nitrogens with one attached hydrogen (secondary N) is 1. The van der Waals surface area contributed by atoms with Gasteiger partial charge in [0.15, 0.2) is 5.82 Å². The number of aliphatic hydroxyl groups is 1. The molecule has 152 valence electrons. The van der Waals surface area contributed by atoms with Gasteiger partial charge in [-0.2, -0.15) is 5.21 Å². The van der Waals surface area contributed by atoms with Crippen LogP contribution < -0.4 is 0 Å². The zero-order chi connectivity index (χ0) is 19.6. The number of hydrogen-bond donors (Lipinski definition) is 2. The van der Waals surface area contributed by atoms with Crippen molar-refractivity contribution in [1.82, 2.24) is 25.5 Å². The summed E-state index contributed by atoms with van der Waals surface area (Å²) in [6, 6.07) is 10.4. The van der Waals surface area contributed by atoms with Crippen molar-refractivity contribution >= 4 is 5.91 Å². The average molecular weight is 386 g/mol. The molecule has 3 rings (SSSR count). The lowest BCUT2D eigenvalue weighted by atomic mass is 10.0. The average Bonchev–Trinajstić information content (AvgIpc) is 3.34. The van der Waals surface area contributed by atoms with Crippen molar-refractivity contribution in [3.8, 4) is 0 Å². The first kappa shape index (κ1) is 20.5. The minimum Gasteiger partial charge on any atom is -0.393 e. The molecule has 7 heteroatoms. The second kappa shape index (κ2) is 10.9. The van der Waals surface area contributed by atoms with Crippen molar-refractivity contribution in [2.45, 2.75) is 76.4 Å². The van der Waals surface area contributed by atoms with Gasteiger partial charge in [0, 0.05) is 25.4 Å². The van der Waals surface area contributed by atoms with Crippen molar-refractivity contribution in [3.63, 3.8) is 0 Å². The van der Waals surface area contributed by atoms with E-state index < -0.39 is 0 Å². The standard InChI is InChI=1S/C21H31N5O2/c27-19(16-17-8-4-3-5-9-17)13-11-18-12-14-21(28)26(18)15-7-2-1-6-10-20-22-24-25-23-20/h3-5,8-9,18-19,27H,1-2,6-7,10-16H2,(H,22,23,24,25). The Morgan fingerprint density at radius 3 is 2.79 bits per heavy atom. The van der Waals surface area contributed by atoms with Gasteiger partial charge in [-0.3, -0.25) is 4.79 Å². The lowest BCUT2D eigenvalue weighted by Crippen LogP contribution is -2.34. The summed E-state index contributed by atoms with van der Waals surface area (Å²) in [5.41, 5.74) is 1.16. The molecule has 2 unspecified atom stereocenters. The number of H-pyrrole nitrogens is 1. The van der Waals surface area contributed by atoms with E-state index in [-0.39, 0.29) is 18.1 Å². The van der Waals surface area contributed by atoms with Gasteiger partial charge in [-0.1, -0.05) is 48.4 Å². The highest BCUT2D eigenvalue weighted by molar-refractivity contribution is 5.78. The Balaban J connectivity index is 1.32. The minimum absolute atomic E-state index is 0.273. The Kier molecular flexibility index (Phi) is 7.96. The minimum atomic E-state index is -0.343. The summed E-state index contributed by atoms with van der Waals surface area (Å²) in [4.78, 5) is 14.3. The van der Waals surface area contributed by atoms with Gasteiger partial charge >= 0.3 is 0 Å². The Labute approximate surface area is 166 Å². The summed E-state index contributed by atoms with van der Waals surface area (Å²) in [7, 11) is 0. The number of aryl methyl sites for hydroxylation is 1. The van der Waals surface area contributed by atoms with Gasteiger partial charge < -0.3 is 10.0 Å². The van der Waals surface area contributed by atoms with E-state index in [1.807, 2.05) is 30.3 Å². The van der Waals surface area contributed by atoms with E-state index >= 15 is 0 Å². The van der Waals surface area contributed by atoms with Gasteiger partial charge in [0.25, 0.3) is 0 Å². The Hall–Kier alpha value is -2.28. The molecule has 2 atom stereocenters. The third-order valence-corrected chi connectivity index (χ3v) is 5.54. The number of carbonyl (C=O) groups is 1. The molecule has 1 aromatic heterocycles. The predicted molar refractivity (Wildman–Crippen MR) is 106 cm³/mol. The van der Waals surface area contributed by atoms with Crippen LogP contribution in [0.3, 0.4) is 0 Å². The molecule has 0 aliphatic carbocycles. The Morgan fingerprint density at radius 2 is 2.00 bits per heavy atom. The van der Waals surface area contributed by atoms with Crippen LogP contribution in [0.4, 0.5) is 0 Å². The number of rotatable bonds is 12. The molecule has 0 radical (unpaired) electrons. The van der Waals surface area contributed by atoms with E-state index in [1.54, 1.807) is 0 Å². The number of tetrazole rings is 1. The highest BCUT2D eigenvalue weighted by Gasteiger charge is 2.30.